The second-order valence-corrected chi connectivity index (χ2v) is 14.2. The van der Waals surface area contributed by atoms with Gasteiger partial charge in [-0.25, -0.2) is 0 Å². The van der Waals surface area contributed by atoms with E-state index in [4.69, 9.17) is 9.47 Å². The molecule has 0 aromatic rings. The number of allylic oxidation sites excluding steroid dienone is 3. The van der Waals surface area contributed by atoms with E-state index in [-0.39, 0.29) is 6.61 Å². The lowest BCUT2D eigenvalue weighted by Crippen LogP contribution is -2.60. The summed E-state index contributed by atoms with van der Waals surface area (Å²) in [5.74, 6) is -0.628. The van der Waals surface area contributed by atoms with Crippen LogP contribution in [-0.2, 0) is 14.3 Å². The third kappa shape index (κ3) is 21.9. The van der Waals surface area contributed by atoms with Crippen LogP contribution in [0.1, 0.15) is 162 Å². The van der Waals surface area contributed by atoms with Crippen molar-refractivity contribution in [2.45, 2.75) is 210 Å². The van der Waals surface area contributed by atoms with E-state index >= 15 is 0 Å². The summed E-state index contributed by atoms with van der Waals surface area (Å²) in [6.07, 6.45) is 24.1. The molecule has 1 aliphatic heterocycles. The number of rotatable bonds is 32. The minimum Gasteiger partial charge on any atom is -0.394 e. The molecule has 0 spiro atoms. The maximum Gasteiger partial charge on any atom is 0.249 e. The zero-order valence-corrected chi connectivity index (χ0v) is 31.5. The molecule has 7 N–H and O–H groups in total. The van der Waals surface area contributed by atoms with Gasteiger partial charge in [0.05, 0.1) is 25.4 Å². The molecular weight excluding hydrogens is 638 g/mol. The predicted molar refractivity (Wildman–Crippen MR) is 199 cm³/mol. The number of carbonyl (C=O) groups excluding carboxylic acids is 1. The maximum atomic E-state index is 12.9. The van der Waals surface area contributed by atoms with Crippen LogP contribution in [0.25, 0.3) is 0 Å². The van der Waals surface area contributed by atoms with Crippen molar-refractivity contribution in [1.29, 1.82) is 0 Å². The van der Waals surface area contributed by atoms with Gasteiger partial charge in [-0.15, -0.1) is 0 Å². The number of amides is 1. The lowest BCUT2D eigenvalue weighted by atomic mass is 9.99. The Labute approximate surface area is 303 Å². The van der Waals surface area contributed by atoms with Gasteiger partial charge in [0.15, 0.2) is 6.29 Å². The smallest absolute Gasteiger partial charge is 0.249 e. The van der Waals surface area contributed by atoms with E-state index in [2.05, 4.69) is 31.3 Å². The highest BCUT2D eigenvalue weighted by molar-refractivity contribution is 5.80. The molecule has 50 heavy (non-hydrogen) atoms. The van der Waals surface area contributed by atoms with E-state index in [1.807, 2.05) is 6.08 Å². The molecule has 8 atom stereocenters. The van der Waals surface area contributed by atoms with Crippen molar-refractivity contribution in [2.24, 2.45) is 0 Å². The van der Waals surface area contributed by atoms with Gasteiger partial charge in [0, 0.05) is 0 Å². The van der Waals surface area contributed by atoms with Crippen molar-refractivity contribution in [2.75, 3.05) is 13.2 Å². The van der Waals surface area contributed by atoms with E-state index in [9.17, 15) is 35.4 Å². The molecule has 10 heteroatoms. The maximum absolute atomic E-state index is 12.9. The molecule has 10 nitrogen and oxygen atoms in total. The summed E-state index contributed by atoms with van der Waals surface area (Å²) in [5, 5.41) is 64.3. The number of aliphatic hydroxyl groups is 6. The lowest BCUT2D eigenvalue weighted by Gasteiger charge is -2.40. The average Bonchev–Trinajstić information content (AvgIpc) is 3.11. The minimum absolute atomic E-state index is 0.306. The number of ether oxygens (including phenoxy) is 2. The van der Waals surface area contributed by atoms with Gasteiger partial charge in [-0.2, -0.15) is 0 Å². The Bertz CT molecular complexity index is 855. The topological polar surface area (TPSA) is 169 Å². The fraction of sp³-hybridized carbons (Fsp3) is 0.875. The van der Waals surface area contributed by atoms with Crippen LogP contribution in [0.15, 0.2) is 24.3 Å². The summed E-state index contributed by atoms with van der Waals surface area (Å²) in [6.45, 7) is 3.54. The van der Waals surface area contributed by atoms with Crippen molar-refractivity contribution < 1.29 is 44.9 Å². The fourth-order valence-corrected chi connectivity index (χ4v) is 6.24. The summed E-state index contributed by atoms with van der Waals surface area (Å²) in [7, 11) is 0. The first-order valence-electron chi connectivity index (χ1n) is 20.2. The second kappa shape index (κ2) is 31.2. The molecule has 294 valence electrons. The van der Waals surface area contributed by atoms with E-state index in [0.29, 0.717) is 19.3 Å². The first kappa shape index (κ1) is 46.7. The number of hydrogen-bond acceptors (Lipinski definition) is 9. The van der Waals surface area contributed by atoms with Crippen molar-refractivity contribution in [3.05, 3.63) is 24.3 Å². The van der Waals surface area contributed by atoms with Gasteiger partial charge in [-0.05, 0) is 32.1 Å². The first-order valence-corrected chi connectivity index (χ1v) is 20.2. The number of nitrogens with one attached hydrogen (secondary N) is 1. The Balaban J connectivity index is 2.54. The fourth-order valence-electron chi connectivity index (χ4n) is 6.24. The Morgan fingerprint density at radius 3 is 1.74 bits per heavy atom. The number of aliphatic hydroxyl groups excluding tert-OH is 6. The zero-order valence-electron chi connectivity index (χ0n) is 31.5. The summed E-state index contributed by atoms with van der Waals surface area (Å²) in [6, 6.07) is -0.990. The highest BCUT2D eigenvalue weighted by atomic mass is 16.7. The molecular formula is C40H75NO9. The predicted octanol–water partition coefficient (Wildman–Crippen LogP) is 6.13. The van der Waals surface area contributed by atoms with Crippen molar-refractivity contribution in [3.63, 3.8) is 0 Å². The monoisotopic (exact) mass is 714 g/mol. The van der Waals surface area contributed by atoms with Crippen LogP contribution in [0, 0.1) is 0 Å². The van der Waals surface area contributed by atoms with Gasteiger partial charge < -0.3 is 45.4 Å². The van der Waals surface area contributed by atoms with Gasteiger partial charge in [-0.1, -0.05) is 154 Å². The van der Waals surface area contributed by atoms with Crippen LogP contribution < -0.4 is 5.32 Å². The molecule has 0 unspecified atom stereocenters. The summed E-state index contributed by atoms with van der Waals surface area (Å²) >= 11 is 0. The lowest BCUT2D eigenvalue weighted by molar-refractivity contribution is -0.302. The highest BCUT2D eigenvalue weighted by Crippen LogP contribution is 2.22. The highest BCUT2D eigenvalue weighted by Gasteiger charge is 2.44. The molecule has 1 saturated heterocycles. The van der Waals surface area contributed by atoms with E-state index in [1.54, 1.807) is 6.08 Å². The Kier molecular flexibility index (Phi) is 29.1. The quantitative estimate of drug-likeness (QED) is 0.0320. The Morgan fingerprint density at radius 2 is 1.18 bits per heavy atom. The molecule has 1 heterocycles. The molecule has 1 fully saturated rings. The van der Waals surface area contributed by atoms with Crippen LogP contribution in [0.4, 0.5) is 0 Å². The molecule has 1 rings (SSSR count). The number of unbranched alkanes of at least 4 members (excludes halogenated alkanes) is 19. The normalized spacial score (nSPS) is 23.1. The molecule has 0 saturated carbocycles. The molecule has 0 aromatic heterocycles. The molecule has 0 radical (unpaired) electrons. The summed E-state index contributed by atoms with van der Waals surface area (Å²) in [5.41, 5.74) is 0. The third-order valence-corrected chi connectivity index (χ3v) is 9.64. The van der Waals surface area contributed by atoms with Gasteiger partial charge in [-0.3, -0.25) is 4.79 Å². The Hall–Kier alpha value is -1.37. The van der Waals surface area contributed by atoms with E-state index in [1.165, 1.54) is 96.3 Å². The van der Waals surface area contributed by atoms with E-state index in [0.717, 1.165) is 32.1 Å². The van der Waals surface area contributed by atoms with Gasteiger partial charge in [0.2, 0.25) is 5.91 Å². The van der Waals surface area contributed by atoms with Crippen LogP contribution in [-0.4, -0.2) is 98.7 Å². The van der Waals surface area contributed by atoms with Gasteiger partial charge in [0.1, 0.15) is 30.5 Å². The van der Waals surface area contributed by atoms with Gasteiger partial charge in [0.25, 0.3) is 0 Å². The standard InChI is InChI=1S/C40H75NO9/c1-3-5-7-9-11-13-15-17-19-20-22-24-26-28-33(43)32(31-49-40-38(47)37(46)36(45)35(30-42)50-40)41-39(48)34(44)29-27-25-23-21-18-16-14-12-10-8-6-4-2/h19-20,26,28,32-38,40,42-47H,3-18,21-25,27,29-31H2,1-2H3,(H,41,48)/b20-19-,28-26+/t32-,33-,34+,35+,36+,37-,38+,40+/m0/s1. The Morgan fingerprint density at radius 1 is 0.680 bits per heavy atom. The molecule has 0 aliphatic carbocycles. The SMILES string of the molecule is CCCCCCCCC/C=C\CC/C=C/[C@H](O)[C@H](CO[C@@H]1O[C@H](CO)[C@@H](O)[C@H](O)[C@H]1O)NC(=O)[C@H](O)CCCCCCCCCCCCCC. The first-order chi connectivity index (χ1) is 24.3. The molecule has 0 bridgehead atoms. The largest absolute Gasteiger partial charge is 0.394 e. The van der Waals surface area contributed by atoms with Crippen LogP contribution in [0.5, 0.6) is 0 Å². The average molecular weight is 714 g/mol. The van der Waals surface area contributed by atoms with Crippen LogP contribution in [0.3, 0.4) is 0 Å². The van der Waals surface area contributed by atoms with Crippen molar-refractivity contribution >= 4 is 5.91 Å². The minimum atomic E-state index is -1.61. The molecule has 1 aliphatic rings. The zero-order chi connectivity index (χ0) is 36.8. The molecule has 1 amide bonds. The third-order valence-electron chi connectivity index (χ3n) is 9.64. The van der Waals surface area contributed by atoms with Crippen molar-refractivity contribution in [1.82, 2.24) is 5.32 Å². The van der Waals surface area contributed by atoms with Crippen LogP contribution >= 0.6 is 0 Å². The second-order valence-electron chi connectivity index (χ2n) is 14.2. The summed E-state index contributed by atoms with van der Waals surface area (Å²) < 4.78 is 11.1. The van der Waals surface area contributed by atoms with Crippen LogP contribution in [0.2, 0.25) is 0 Å². The van der Waals surface area contributed by atoms with E-state index < -0.39 is 61.5 Å². The van der Waals surface area contributed by atoms with Crippen molar-refractivity contribution in [3.8, 4) is 0 Å². The van der Waals surface area contributed by atoms with Gasteiger partial charge >= 0.3 is 0 Å². The number of carbonyl (C=O) groups is 1. The molecule has 0 aromatic carbocycles. The number of hydrogen-bond donors (Lipinski definition) is 7. The summed E-state index contributed by atoms with van der Waals surface area (Å²) in [4.78, 5) is 12.9.